The largest absolute Gasteiger partial charge is 0.459 e. The van der Waals surface area contributed by atoms with Crippen LogP contribution < -0.4 is 9.47 Å². The normalized spacial score (nSPS) is 12.3. The smallest absolute Gasteiger partial charge is 0.338 e. The maximum Gasteiger partial charge on any atom is 0.338 e. The van der Waals surface area contributed by atoms with Gasteiger partial charge in [-0.25, -0.2) is 9.59 Å². The molecule has 0 aliphatic rings. The van der Waals surface area contributed by atoms with Crippen molar-refractivity contribution in [3.05, 3.63) is 142 Å². The zero-order chi connectivity index (χ0) is 32.2. The van der Waals surface area contributed by atoms with E-state index in [4.69, 9.17) is 18.9 Å². The minimum Gasteiger partial charge on any atom is -0.459 e. The lowest BCUT2D eigenvalue weighted by Gasteiger charge is -2.10. The van der Waals surface area contributed by atoms with Crippen LogP contribution in [0.25, 0.3) is 24.3 Å². The van der Waals surface area contributed by atoms with Crippen molar-refractivity contribution in [2.45, 2.75) is 41.5 Å². The molecule has 0 N–H and O–H groups in total. The number of rotatable bonds is 12. The third kappa shape index (κ3) is 10.5. The average Bonchev–Trinajstić information content (AvgIpc) is 3.00. The second-order valence-corrected chi connectivity index (χ2v) is 10.2. The van der Waals surface area contributed by atoms with Crippen LogP contribution in [0.4, 0.5) is 0 Å². The Kier molecular flexibility index (Phi) is 11.9. The second-order valence-electron chi connectivity index (χ2n) is 10.2. The lowest BCUT2D eigenvalue weighted by molar-refractivity contribution is -0.136. The number of hydrogen-bond acceptors (Lipinski definition) is 6. The first-order valence-electron chi connectivity index (χ1n) is 14.0. The third-order valence-electron chi connectivity index (χ3n) is 6.36. The van der Waals surface area contributed by atoms with Crippen LogP contribution in [0.15, 0.2) is 120 Å². The molecule has 0 aliphatic carbocycles. The van der Waals surface area contributed by atoms with Gasteiger partial charge >= 0.3 is 11.9 Å². The SMILES string of the molecule is C=C(C)C(=O)O/C(C)=C(\C)Oc1ccc(/C=C/c2ccc(/C=C/c3ccc(O/C(C)=C(\C)OC(=O)C(=C)C)cc3)cc2)cc1. The Hall–Kier alpha value is -5.36. The van der Waals surface area contributed by atoms with Gasteiger partial charge in [-0.15, -0.1) is 0 Å². The molecule has 0 saturated carbocycles. The fraction of sp³-hybridized carbons (Fsp3) is 0.158. The van der Waals surface area contributed by atoms with Gasteiger partial charge in [-0.2, -0.15) is 0 Å². The summed E-state index contributed by atoms with van der Waals surface area (Å²) in [5.74, 6) is 2.12. The van der Waals surface area contributed by atoms with E-state index < -0.39 is 11.9 Å². The summed E-state index contributed by atoms with van der Waals surface area (Å²) >= 11 is 0. The highest BCUT2D eigenvalue weighted by molar-refractivity contribution is 5.88. The molecule has 0 aromatic heterocycles. The van der Waals surface area contributed by atoms with Gasteiger partial charge in [0.2, 0.25) is 0 Å². The monoisotopic (exact) mass is 590 g/mol. The van der Waals surface area contributed by atoms with E-state index in [-0.39, 0.29) is 0 Å². The van der Waals surface area contributed by atoms with Crippen LogP contribution in [-0.2, 0) is 19.1 Å². The van der Waals surface area contributed by atoms with Crippen LogP contribution in [-0.4, -0.2) is 11.9 Å². The number of carbonyl (C=O) groups excluding carboxylic acids is 2. The molecule has 0 bridgehead atoms. The predicted octanol–water partition coefficient (Wildman–Crippen LogP) is 9.53. The highest BCUT2D eigenvalue weighted by Crippen LogP contribution is 2.21. The van der Waals surface area contributed by atoms with Crippen LogP contribution in [0.5, 0.6) is 11.5 Å². The van der Waals surface area contributed by atoms with Gasteiger partial charge in [0.15, 0.2) is 0 Å². The van der Waals surface area contributed by atoms with E-state index in [1.54, 1.807) is 41.5 Å². The summed E-state index contributed by atoms with van der Waals surface area (Å²) < 4.78 is 22.1. The molecule has 226 valence electrons. The van der Waals surface area contributed by atoms with Crippen LogP contribution in [0.2, 0.25) is 0 Å². The molecule has 0 fully saturated rings. The van der Waals surface area contributed by atoms with Gasteiger partial charge in [0.05, 0.1) is 0 Å². The molecule has 0 heterocycles. The highest BCUT2D eigenvalue weighted by Gasteiger charge is 2.10. The Labute approximate surface area is 259 Å². The summed E-state index contributed by atoms with van der Waals surface area (Å²) in [5.41, 5.74) is 4.85. The van der Waals surface area contributed by atoms with Crippen LogP contribution in [0.3, 0.4) is 0 Å². The number of ether oxygens (including phenoxy) is 4. The van der Waals surface area contributed by atoms with Gasteiger partial charge in [-0.3, -0.25) is 0 Å². The molecule has 0 radical (unpaired) electrons. The summed E-state index contributed by atoms with van der Waals surface area (Å²) in [4.78, 5) is 23.4. The zero-order valence-corrected chi connectivity index (χ0v) is 26.1. The third-order valence-corrected chi connectivity index (χ3v) is 6.36. The fourth-order valence-electron chi connectivity index (χ4n) is 3.49. The van der Waals surface area contributed by atoms with Gasteiger partial charge in [-0.1, -0.05) is 86.0 Å². The van der Waals surface area contributed by atoms with Crippen LogP contribution in [0.1, 0.15) is 63.8 Å². The van der Waals surface area contributed by atoms with E-state index in [9.17, 15) is 9.59 Å². The van der Waals surface area contributed by atoms with Gasteiger partial charge < -0.3 is 18.9 Å². The van der Waals surface area contributed by atoms with Crippen molar-refractivity contribution in [2.24, 2.45) is 0 Å². The van der Waals surface area contributed by atoms with Crippen LogP contribution >= 0.6 is 0 Å². The maximum absolute atomic E-state index is 11.7. The molecule has 0 unspecified atom stereocenters. The van der Waals surface area contributed by atoms with Crippen molar-refractivity contribution in [3.8, 4) is 11.5 Å². The minimum absolute atomic E-state index is 0.329. The Balaban J connectivity index is 1.54. The average molecular weight is 591 g/mol. The summed E-state index contributed by atoms with van der Waals surface area (Å²) in [6.45, 7) is 17.2. The molecule has 0 saturated heterocycles. The molecule has 0 aliphatic heterocycles. The van der Waals surface area contributed by atoms with E-state index in [1.807, 2.05) is 72.8 Å². The Bertz CT molecular complexity index is 1510. The van der Waals surface area contributed by atoms with E-state index in [1.165, 1.54) is 0 Å². The van der Waals surface area contributed by atoms with Gasteiger partial charge in [-0.05, 0) is 88.1 Å². The Morgan fingerprint density at radius 2 is 0.705 bits per heavy atom. The number of allylic oxidation sites excluding steroid dienone is 4. The van der Waals surface area contributed by atoms with Crippen molar-refractivity contribution in [1.29, 1.82) is 0 Å². The Morgan fingerprint density at radius 3 is 0.955 bits per heavy atom. The fourth-order valence-corrected chi connectivity index (χ4v) is 3.49. The maximum atomic E-state index is 11.7. The van der Waals surface area contributed by atoms with Crippen molar-refractivity contribution < 1.29 is 28.5 Å². The van der Waals surface area contributed by atoms with E-state index in [0.717, 1.165) is 22.3 Å². The minimum atomic E-state index is -0.478. The topological polar surface area (TPSA) is 71.1 Å². The summed E-state index contributed by atoms with van der Waals surface area (Å²) in [6, 6.07) is 23.5. The molecule has 3 rings (SSSR count). The van der Waals surface area contributed by atoms with Gasteiger partial charge in [0.1, 0.15) is 34.5 Å². The van der Waals surface area contributed by atoms with Gasteiger partial charge in [0, 0.05) is 11.1 Å². The molecule has 3 aromatic carbocycles. The first kappa shape index (κ1) is 33.1. The molecular formula is C38H38O6. The zero-order valence-electron chi connectivity index (χ0n) is 26.1. The molecular weight excluding hydrogens is 552 g/mol. The molecule has 3 aromatic rings. The molecule has 0 spiro atoms. The van der Waals surface area contributed by atoms with Crippen LogP contribution in [0, 0.1) is 0 Å². The van der Waals surface area contributed by atoms with Crippen molar-refractivity contribution >= 4 is 36.2 Å². The van der Waals surface area contributed by atoms with Crippen molar-refractivity contribution in [3.63, 3.8) is 0 Å². The lowest BCUT2D eigenvalue weighted by atomic mass is 10.1. The number of esters is 2. The summed E-state index contributed by atoms with van der Waals surface area (Å²) in [7, 11) is 0. The standard InChI is InChI=1S/C38H38O6/c1-25(2)37(39)43-29(7)27(5)41-35-21-17-33(18-22-35)15-13-31-9-11-32(12-10-31)14-16-34-19-23-36(24-20-34)42-28(6)30(8)44-38(40)26(3)4/h9-24H,1,3H2,2,4-8H3/b15-13+,16-14+,29-27+,30-28+. The van der Waals surface area contributed by atoms with E-state index >= 15 is 0 Å². The lowest BCUT2D eigenvalue weighted by Crippen LogP contribution is -2.06. The first-order chi connectivity index (χ1) is 20.9. The summed E-state index contributed by atoms with van der Waals surface area (Å²) in [6.07, 6.45) is 8.16. The quantitative estimate of drug-likeness (QED) is 0.0905. The summed E-state index contributed by atoms with van der Waals surface area (Å²) in [5, 5.41) is 0. The Morgan fingerprint density at radius 1 is 0.455 bits per heavy atom. The highest BCUT2D eigenvalue weighted by atomic mass is 16.6. The van der Waals surface area contributed by atoms with Crippen molar-refractivity contribution in [2.75, 3.05) is 0 Å². The molecule has 6 heteroatoms. The van der Waals surface area contributed by atoms with E-state index in [2.05, 4.69) is 37.4 Å². The van der Waals surface area contributed by atoms with Gasteiger partial charge in [0.25, 0.3) is 0 Å². The number of carbonyl (C=O) groups is 2. The number of hydrogen-bond donors (Lipinski definition) is 0. The number of benzene rings is 3. The van der Waals surface area contributed by atoms with Crippen molar-refractivity contribution in [1.82, 2.24) is 0 Å². The van der Waals surface area contributed by atoms with E-state index in [0.29, 0.717) is 45.7 Å². The molecule has 6 nitrogen and oxygen atoms in total. The molecule has 44 heavy (non-hydrogen) atoms. The molecule has 0 atom stereocenters. The molecule has 0 amide bonds. The first-order valence-corrected chi connectivity index (χ1v) is 14.0. The predicted molar refractivity (Wildman–Crippen MR) is 177 cm³/mol. The second kappa shape index (κ2) is 15.8.